The summed E-state index contributed by atoms with van der Waals surface area (Å²) in [7, 11) is 0. The highest BCUT2D eigenvalue weighted by atomic mass is 35.5. The van der Waals surface area contributed by atoms with Gasteiger partial charge in [-0.05, 0) is 23.8 Å². The zero-order valence-corrected chi connectivity index (χ0v) is 11.7. The molecule has 1 saturated heterocycles. The molecule has 100 valence electrons. The van der Waals surface area contributed by atoms with Crippen molar-refractivity contribution in [1.82, 2.24) is 10.2 Å². The van der Waals surface area contributed by atoms with Gasteiger partial charge < -0.3 is 5.32 Å². The molecular weight excluding hydrogens is 251 g/mol. The van der Waals surface area contributed by atoms with Gasteiger partial charge in [-0.1, -0.05) is 25.4 Å². The first kappa shape index (κ1) is 13.8. The highest BCUT2D eigenvalue weighted by molar-refractivity contribution is 6.30. The Hall–Kier alpha value is -0.640. The summed E-state index contributed by atoms with van der Waals surface area (Å²) in [5.74, 6) is -0.167. The maximum atomic E-state index is 13.9. The predicted octanol–water partition coefficient (Wildman–Crippen LogP) is 2.66. The molecule has 0 unspecified atom stereocenters. The summed E-state index contributed by atoms with van der Waals surface area (Å²) >= 11 is 5.98. The lowest BCUT2D eigenvalue weighted by molar-refractivity contribution is 0.198. The molecule has 4 heteroatoms. The molecule has 1 heterocycles. The highest BCUT2D eigenvalue weighted by Gasteiger charge is 2.27. The second-order valence-electron chi connectivity index (χ2n) is 5.53. The number of hydrogen-bond donors (Lipinski definition) is 1. The molecule has 0 aromatic heterocycles. The van der Waals surface area contributed by atoms with Crippen molar-refractivity contribution in [3.05, 3.63) is 34.6 Å². The van der Waals surface area contributed by atoms with E-state index in [1.165, 1.54) is 6.07 Å². The quantitative estimate of drug-likeness (QED) is 0.909. The van der Waals surface area contributed by atoms with E-state index < -0.39 is 0 Å². The van der Waals surface area contributed by atoms with Gasteiger partial charge in [0.15, 0.2) is 0 Å². The fourth-order valence-electron chi connectivity index (χ4n) is 2.53. The summed E-state index contributed by atoms with van der Waals surface area (Å²) in [5, 5.41) is 3.92. The maximum Gasteiger partial charge on any atom is 0.127 e. The summed E-state index contributed by atoms with van der Waals surface area (Å²) in [4.78, 5) is 2.37. The second kappa shape index (κ2) is 5.55. The Bertz CT molecular complexity index is 414. The third kappa shape index (κ3) is 3.22. The lowest BCUT2D eigenvalue weighted by Crippen LogP contribution is -2.48. The van der Waals surface area contributed by atoms with Gasteiger partial charge in [-0.15, -0.1) is 0 Å². The second-order valence-corrected chi connectivity index (χ2v) is 5.97. The van der Waals surface area contributed by atoms with E-state index >= 15 is 0 Å². The normalized spacial score (nSPS) is 18.0. The van der Waals surface area contributed by atoms with Crippen LogP contribution in [-0.4, -0.2) is 37.6 Å². The van der Waals surface area contributed by atoms with Crippen LogP contribution in [0.3, 0.4) is 0 Å². The summed E-state index contributed by atoms with van der Waals surface area (Å²) in [6.45, 7) is 9.05. The van der Waals surface area contributed by atoms with Crippen LogP contribution < -0.4 is 5.32 Å². The smallest absolute Gasteiger partial charge is 0.127 e. The van der Waals surface area contributed by atoms with Crippen molar-refractivity contribution in [2.24, 2.45) is 0 Å². The van der Waals surface area contributed by atoms with Crippen molar-refractivity contribution < 1.29 is 4.39 Å². The highest BCUT2D eigenvalue weighted by Crippen LogP contribution is 2.29. The predicted molar refractivity (Wildman–Crippen MR) is 73.7 cm³/mol. The van der Waals surface area contributed by atoms with Gasteiger partial charge >= 0.3 is 0 Å². The molecule has 0 spiro atoms. The Kier molecular flexibility index (Phi) is 4.25. The molecule has 0 bridgehead atoms. The minimum Gasteiger partial charge on any atom is -0.314 e. The topological polar surface area (TPSA) is 15.3 Å². The van der Waals surface area contributed by atoms with Gasteiger partial charge in [-0.3, -0.25) is 4.90 Å². The lowest BCUT2D eigenvalue weighted by Gasteiger charge is -2.35. The van der Waals surface area contributed by atoms with E-state index in [9.17, 15) is 4.39 Å². The van der Waals surface area contributed by atoms with E-state index in [0.29, 0.717) is 10.6 Å². The summed E-state index contributed by atoms with van der Waals surface area (Å²) in [5.41, 5.74) is 0.473. The molecule has 1 fully saturated rings. The Morgan fingerprint density at radius 1 is 1.33 bits per heavy atom. The summed E-state index contributed by atoms with van der Waals surface area (Å²) < 4.78 is 13.9. The van der Waals surface area contributed by atoms with Crippen LogP contribution in [0.15, 0.2) is 18.2 Å². The van der Waals surface area contributed by atoms with E-state index in [4.69, 9.17) is 11.6 Å². The fourth-order valence-corrected chi connectivity index (χ4v) is 2.70. The first-order valence-corrected chi connectivity index (χ1v) is 6.75. The third-order valence-electron chi connectivity index (χ3n) is 3.49. The van der Waals surface area contributed by atoms with Crippen LogP contribution in [0.5, 0.6) is 0 Å². The van der Waals surface area contributed by atoms with Crippen LogP contribution in [0.1, 0.15) is 19.4 Å². The van der Waals surface area contributed by atoms with Crippen molar-refractivity contribution in [3.8, 4) is 0 Å². The molecule has 0 aliphatic carbocycles. The van der Waals surface area contributed by atoms with E-state index in [1.54, 1.807) is 12.1 Å². The summed E-state index contributed by atoms with van der Waals surface area (Å²) in [6, 6.07) is 4.80. The Morgan fingerprint density at radius 2 is 2.00 bits per heavy atom. The zero-order chi connectivity index (χ0) is 13.2. The zero-order valence-electron chi connectivity index (χ0n) is 11.0. The van der Waals surface area contributed by atoms with Crippen LogP contribution in [0.25, 0.3) is 0 Å². The summed E-state index contributed by atoms with van der Waals surface area (Å²) in [6.07, 6.45) is 0. The molecule has 0 atom stereocenters. The fraction of sp³-hybridized carbons (Fsp3) is 0.571. The lowest BCUT2D eigenvalue weighted by atomic mass is 9.83. The van der Waals surface area contributed by atoms with Gasteiger partial charge in [0.05, 0.1) is 0 Å². The van der Waals surface area contributed by atoms with E-state index in [1.807, 2.05) is 0 Å². The van der Waals surface area contributed by atoms with Crippen LogP contribution in [0.4, 0.5) is 4.39 Å². The van der Waals surface area contributed by atoms with Crippen molar-refractivity contribution in [2.45, 2.75) is 19.3 Å². The van der Waals surface area contributed by atoms with Crippen molar-refractivity contribution in [3.63, 3.8) is 0 Å². The third-order valence-corrected chi connectivity index (χ3v) is 3.72. The van der Waals surface area contributed by atoms with Gasteiger partial charge in [0.2, 0.25) is 0 Å². The SMILES string of the molecule is CC(C)(CN1CCNCC1)c1cc(Cl)ccc1F. The van der Waals surface area contributed by atoms with Gasteiger partial charge in [0.1, 0.15) is 5.82 Å². The molecule has 1 aromatic rings. The standard InChI is InChI=1S/C14H20ClFN2/c1-14(2,10-18-7-5-17-6-8-18)12-9-11(15)3-4-13(12)16/h3-4,9,17H,5-8,10H2,1-2H3. The monoisotopic (exact) mass is 270 g/mol. The molecule has 1 aromatic carbocycles. The number of nitrogens with zero attached hydrogens (tertiary/aromatic N) is 1. The molecule has 1 N–H and O–H groups in total. The Morgan fingerprint density at radius 3 is 2.67 bits per heavy atom. The number of rotatable bonds is 3. The molecule has 0 saturated carbocycles. The van der Waals surface area contributed by atoms with Crippen molar-refractivity contribution in [1.29, 1.82) is 0 Å². The van der Waals surface area contributed by atoms with Crippen LogP contribution in [0.2, 0.25) is 5.02 Å². The average molecular weight is 271 g/mol. The largest absolute Gasteiger partial charge is 0.314 e. The van der Waals surface area contributed by atoms with Gasteiger partial charge in [0, 0.05) is 43.2 Å². The van der Waals surface area contributed by atoms with E-state index in [0.717, 1.165) is 32.7 Å². The van der Waals surface area contributed by atoms with E-state index in [2.05, 4.69) is 24.1 Å². The van der Waals surface area contributed by atoms with Gasteiger partial charge in [0.25, 0.3) is 0 Å². The molecule has 1 aliphatic rings. The number of piperazine rings is 1. The molecule has 2 rings (SSSR count). The minimum absolute atomic E-state index is 0.167. The minimum atomic E-state index is -0.230. The average Bonchev–Trinajstić information content (AvgIpc) is 2.33. The molecule has 2 nitrogen and oxygen atoms in total. The number of benzene rings is 1. The Labute approximate surface area is 113 Å². The number of nitrogens with one attached hydrogen (secondary N) is 1. The van der Waals surface area contributed by atoms with Crippen molar-refractivity contribution >= 4 is 11.6 Å². The van der Waals surface area contributed by atoms with Crippen LogP contribution in [0, 0.1) is 5.82 Å². The molecular formula is C14H20ClFN2. The maximum absolute atomic E-state index is 13.9. The number of hydrogen-bond acceptors (Lipinski definition) is 2. The van der Waals surface area contributed by atoms with Crippen LogP contribution in [-0.2, 0) is 5.41 Å². The van der Waals surface area contributed by atoms with Gasteiger partial charge in [-0.25, -0.2) is 4.39 Å². The molecule has 18 heavy (non-hydrogen) atoms. The Balaban J connectivity index is 2.15. The first-order valence-electron chi connectivity index (χ1n) is 6.38. The van der Waals surface area contributed by atoms with Crippen molar-refractivity contribution in [2.75, 3.05) is 32.7 Å². The molecule has 1 aliphatic heterocycles. The van der Waals surface area contributed by atoms with E-state index in [-0.39, 0.29) is 11.2 Å². The first-order chi connectivity index (χ1) is 8.49. The molecule has 0 amide bonds. The van der Waals surface area contributed by atoms with Gasteiger partial charge in [-0.2, -0.15) is 0 Å². The number of halogens is 2. The molecule has 0 radical (unpaired) electrons. The van der Waals surface area contributed by atoms with Crippen LogP contribution >= 0.6 is 11.6 Å².